The molecule has 4 heteroatoms. The van der Waals surface area contributed by atoms with Crippen LogP contribution in [0.4, 0.5) is 5.69 Å². The number of hydrogen-bond donors (Lipinski definition) is 1. The fourth-order valence-electron chi connectivity index (χ4n) is 1.83. The van der Waals surface area contributed by atoms with Crippen LogP contribution in [0, 0.1) is 6.92 Å². The highest BCUT2D eigenvalue weighted by Gasteiger charge is 2.14. The highest BCUT2D eigenvalue weighted by atomic mass is 16.4. The molecule has 0 fully saturated rings. The molecular formula is C16H15NO3. The zero-order valence-electron chi connectivity index (χ0n) is 11.3. The van der Waals surface area contributed by atoms with Gasteiger partial charge in [-0.1, -0.05) is 17.7 Å². The van der Waals surface area contributed by atoms with E-state index in [1.54, 1.807) is 7.05 Å². The number of carbonyl (C=O) groups excluding carboxylic acids is 1. The summed E-state index contributed by atoms with van der Waals surface area (Å²) in [5, 5.41) is 8.83. The van der Waals surface area contributed by atoms with Gasteiger partial charge in [-0.05, 0) is 43.3 Å². The van der Waals surface area contributed by atoms with Crippen molar-refractivity contribution in [1.82, 2.24) is 0 Å². The minimum Gasteiger partial charge on any atom is -0.478 e. The maximum atomic E-state index is 12.3. The van der Waals surface area contributed by atoms with Crippen molar-refractivity contribution < 1.29 is 14.7 Å². The van der Waals surface area contributed by atoms with Crippen molar-refractivity contribution in [2.45, 2.75) is 6.92 Å². The number of carbonyl (C=O) groups is 2. The monoisotopic (exact) mass is 269 g/mol. The standard InChI is InChI=1S/C16H15NO3/c1-11-3-9-14(10-4-11)17(2)15(18)12-5-7-13(8-6-12)16(19)20/h3-10H,1-2H3,(H,19,20). The van der Waals surface area contributed by atoms with Crippen LogP contribution in [0.25, 0.3) is 0 Å². The molecule has 0 unspecified atom stereocenters. The van der Waals surface area contributed by atoms with E-state index >= 15 is 0 Å². The first-order chi connectivity index (χ1) is 9.49. The fraction of sp³-hybridized carbons (Fsp3) is 0.125. The summed E-state index contributed by atoms with van der Waals surface area (Å²) < 4.78 is 0. The van der Waals surface area contributed by atoms with Crippen molar-refractivity contribution in [3.05, 3.63) is 65.2 Å². The third-order valence-corrected chi connectivity index (χ3v) is 3.10. The molecule has 0 bridgehead atoms. The minimum atomic E-state index is -1.00. The lowest BCUT2D eigenvalue weighted by molar-refractivity contribution is 0.0696. The number of carboxylic acid groups (broad SMARTS) is 1. The van der Waals surface area contributed by atoms with E-state index in [1.807, 2.05) is 31.2 Å². The van der Waals surface area contributed by atoms with Crippen LogP contribution in [-0.4, -0.2) is 24.0 Å². The summed E-state index contributed by atoms with van der Waals surface area (Å²) in [6.07, 6.45) is 0. The van der Waals surface area contributed by atoms with Gasteiger partial charge in [-0.3, -0.25) is 4.79 Å². The quantitative estimate of drug-likeness (QED) is 0.932. The highest BCUT2D eigenvalue weighted by molar-refractivity contribution is 6.06. The van der Waals surface area contributed by atoms with Crippen LogP contribution >= 0.6 is 0 Å². The molecule has 1 amide bonds. The summed E-state index contributed by atoms with van der Waals surface area (Å²) in [7, 11) is 1.69. The van der Waals surface area contributed by atoms with E-state index < -0.39 is 5.97 Å². The Hall–Kier alpha value is -2.62. The maximum absolute atomic E-state index is 12.3. The Kier molecular flexibility index (Phi) is 3.84. The second-order valence-electron chi connectivity index (χ2n) is 4.58. The van der Waals surface area contributed by atoms with E-state index in [4.69, 9.17) is 5.11 Å². The lowest BCUT2D eigenvalue weighted by Crippen LogP contribution is -2.26. The number of amides is 1. The van der Waals surface area contributed by atoms with Gasteiger partial charge in [0.05, 0.1) is 5.56 Å². The number of anilines is 1. The molecule has 1 N–H and O–H groups in total. The number of nitrogens with zero attached hydrogens (tertiary/aromatic N) is 1. The van der Waals surface area contributed by atoms with Gasteiger partial charge in [0.2, 0.25) is 0 Å². The molecule has 4 nitrogen and oxygen atoms in total. The molecule has 0 saturated carbocycles. The van der Waals surface area contributed by atoms with E-state index in [0.29, 0.717) is 5.56 Å². The fourth-order valence-corrected chi connectivity index (χ4v) is 1.83. The van der Waals surface area contributed by atoms with Gasteiger partial charge in [0.1, 0.15) is 0 Å². The van der Waals surface area contributed by atoms with Crippen LogP contribution in [-0.2, 0) is 0 Å². The Morgan fingerprint density at radius 2 is 1.40 bits per heavy atom. The van der Waals surface area contributed by atoms with Gasteiger partial charge in [0.15, 0.2) is 0 Å². The van der Waals surface area contributed by atoms with Crippen LogP contribution in [0.5, 0.6) is 0 Å². The smallest absolute Gasteiger partial charge is 0.335 e. The first kappa shape index (κ1) is 13.8. The lowest BCUT2D eigenvalue weighted by atomic mass is 10.1. The lowest BCUT2D eigenvalue weighted by Gasteiger charge is -2.17. The number of carboxylic acids is 1. The summed E-state index contributed by atoms with van der Waals surface area (Å²) >= 11 is 0. The second-order valence-corrected chi connectivity index (χ2v) is 4.58. The average molecular weight is 269 g/mol. The average Bonchev–Trinajstić information content (AvgIpc) is 2.46. The van der Waals surface area contributed by atoms with E-state index in [0.717, 1.165) is 11.3 Å². The summed E-state index contributed by atoms with van der Waals surface area (Å²) in [5.41, 5.74) is 2.54. The van der Waals surface area contributed by atoms with Crippen molar-refractivity contribution in [3.8, 4) is 0 Å². The number of aryl methyl sites for hydroxylation is 1. The van der Waals surface area contributed by atoms with E-state index in [-0.39, 0.29) is 11.5 Å². The minimum absolute atomic E-state index is 0.166. The van der Waals surface area contributed by atoms with Crippen LogP contribution in [0.2, 0.25) is 0 Å². The maximum Gasteiger partial charge on any atom is 0.335 e. The molecule has 102 valence electrons. The molecule has 0 aromatic heterocycles. The first-order valence-electron chi connectivity index (χ1n) is 6.17. The van der Waals surface area contributed by atoms with Gasteiger partial charge in [-0.25, -0.2) is 4.79 Å². The predicted octanol–water partition coefficient (Wildman–Crippen LogP) is 2.97. The first-order valence-corrected chi connectivity index (χ1v) is 6.17. The zero-order chi connectivity index (χ0) is 14.7. The molecular weight excluding hydrogens is 254 g/mol. The van der Waals surface area contributed by atoms with Crippen molar-refractivity contribution in [3.63, 3.8) is 0 Å². The largest absolute Gasteiger partial charge is 0.478 e. The van der Waals surface area contributed by atoms with Crippen LogP contribution in [0.15, 0.2) is 48.5 Å². The second kappa shape index (κ2) is 5.57. The molecule has 0 heterocycles. The predicted molar refractivity (Wildman–Crippen MR) is 77.3 cm³/mol. The summed E-state index contributed by atoms with van der Waals surface area (Å²) in [6, 6.07) is 13.5. The van der Waals surface area contributed by atoms with Crippen molar-refractivity contribution in [1.29, 1.82) is 0 Å². The Bertz CT molecular complexity index is 630. The Morgan fingerprint density at radius 1 is 0.900 bits per heavy atom. The normalized spacial score (nSPS) is 10.1. The highest BCUT2D eigenvalue weighted by Crippen LogP contribution is 2.16. The number of hydrogen-bond acceptors (Lipinski definition) is 2. The van der Waals surface area contributed by atoms with Gasteiger partial charge in [0, 0.05) is 18.3 Å². The van der Waals surface area contributed by atoms with Crippen LogP contribution in [0.3, 0.4) is 0 Å². The van der Waals surface area contributed by atoms with Crippen LogP contribution < -0.4 is 4.90 Å². The van der Waals surface area contributed by atoms with Crippen molar-refractivity contribution in [2.75, 3.05) is 11.9 Å². The summed E-state index contributed by atoms with van der Waals surface area (Å²) in [6.45, 7) is 1.98. The summed E-state index contributed by atoms with van der Waals surface area (Å²) in [4.78, 5) is 24.6. The molecule has 0 aliphatic rings. The molecule has 2 aromatic carbocycles. The van der Waals surface area contributed by atoms with Gasteiger partial charge >= 0.3 is 5.97 Å². The molecule has 0 spiro atoms. The topological polar surface area (TPSA) is 57.6 Å². The van der Waals surface area contributed by atoms with Crippen molar-refractivity contribution in [2.24, 2.45) is 0 Å². The Morgan fingerprint density at radius 3 is 1.90 bits per heavy atom. The third-order valence-electron chi connectivity index (χ3n) is 3.10. The summed E-state index contributed by atoms with van der Waals surface area (Å²) in [5.74, 6) is -1.18. The SMILES string of the molecule is Cc1ccc(N(C)C(=O)c2ccc(C(=O)O)cc2)cc1. The van der Waals surface area contributed by atoms with E-state index in [1.165, 1.54) is 29.2 Å². The van der Waals surface area contributed by atoms with Gasteiger partial charge in [-0.15, -0.1) is 0 Å². The molecule has 2 rings (SSSR count). The Balaban J connectivity index is 2.22. The van der Waals surface area contributed by atoms with Crippen LogP contribution in [0.1, 0.15) is 26.3 Å². The number of benzene rings is 2. The van der Waals surface area contributed by atoms with Gasteiger partial charge in [-0.2, -0.15) is 0 Å². The molecule has 0 radical (unpaired) electrons. The van der Waals surface area contributed by atoms with Gasteiger partial charge < -0.3 is 10.0 Å². The Labute approximate surface area is 117 Å². The molecule has 0 aliphatic heterocycles. The zero-order valence-corrected chi connectivity index (χ0v) is 11.3. The van der Waals surface area contributed by atoms with Gasteiger partial charge in [0.25, 0.3) is 5.91 Å². The molecule has 0 saturated heterocycles. The van der Waals surface area contributed by atoms with E-state index in [2.05, 4.69) is 0 Å². The molecule has 2 aromatic rings. The van der Waals surface area contributed by atoms with Crippen molar-refractivity contribution >= 4 is 17.6 Å². The number of rotatable bonds is 3. The molecule has 0 aliphatic carbocycles. The number of aromatic carboxylic acids is 1. The van der Waals surface area contributed by atoms with E-state index in [9.17, 15) is 9.59 Å². The molecule has 0 atom stereocenters. The molecule has 20 heavy (non-hydrogen) atoms. The third kappa shape index (κ3) is 2.85.